The Balaban J connectivity index is 2.40. The Bertz CT molecular complexity index is 562. The first-order valence-electron chi connectivity index (χ1n) is 6.10. The first kappa shape index (κ1) is 9.65. The second kappa shape index (κ2) is 3.79. The first-order valence-corrected chi connectivity index (χ1v) is 6.10. The van der Waals surface area contributed by atoms with E-state index in [4.69, 9.17) is 0 Å². The van der Waals surface area contributed by atoms with Crippen molar-refractivity contribution in [1.82, 2.24) is 0 Å². The van der Waals surface area contributed by atoms with E-state index < -0.39 is 0 Å². The minimum atomic E-state index is 1.14. The molecule has 2 aromatic carbocycles. The summed E-state index contributed by atoms with van der Waals surface area (Å²) in [5, 5.41) is 2.82. The van der Waals surface area contributed by atoms with Crippen molar-refractivity contribution in [3.8, 4) is 0 Å². The van der Waals surface area contributed by atoms with E-state index in [0.29, 0.717) is 0 Å². The zero-order chi connectivity index (χ0) is 11.0. The minimum absolute atomic E-state index is 1.14. The van der Waals surface area contributed by atoms with Crippen LogP contribution >= 0.6 is 0 Å². The van der Waals surface area contributed by atoms with Gasteiger partial charge in [0.25, 0.3) is 0 Å². The quantitative estimate of drug-likeness (QED) is 0.653. The number of benzene rings is 2. The number of hydrogen-bond acceptors (Lipinski definition) is 0. The maximum atomic E-state index is 2.33. The summed E-state index contributed by atoms with van der Waals surface area (Å²) < 4.78 is 0. The van der Waals surface area contributed by atoms with Gasteiger partial charge in [-0.2, -0.15) is 0 Å². The zero-order valence-corrected chi connectivity index (χ0v) is 9.66. The van der Waals surface area contributed by atoms with Gasteiger partial charge in [0.05, 0.1) is 0 Å². The van der Waals surface area contributed by atoms with Crippen molar-refractivity contribution in [3.05, 3.63) is 53.1 Å². The van der Waals surface area contributed by atoms with Crippen molar-refractivity contribution in [2.45, 2.75) is 26.2 Å². The molecule has 0 radical (unpaired) electrons. The third-order valence-electron chi connectivity index (χ3n) is 3.52. The minimum Gasteiger partial charge on any atom is -0.0836 e. The van der Waals surface area contributed by atoms with Crippen LogP contribution in [0, 0.1) is 0 Å². The molecule has 0 saturated heterocycles. The Morgan fingerprint density at radius 2 is 2.06 bits per heavy atom. The summed E-state index contributed by atoms with van der Waals surface area (Å²) in [6.07, 6.45) is 8.11. The van der Waals surface area contributed by atoms with Gasteiger partial charge in [-0.1, -0.05) is 43.3 Å². The molecule has 0 N–H and O–H groups in total. The van der Waals surface area contributed by atoms with Crippen LogP contribution in [-0.2, 0) is 12.8 Å². The molecule has 0 unspecified atom stereocenters. The van der Waals surface area contributed by atoms with Crippen LogP contribution in [0.2, 0.25) is 0 Å². The molecule has 3 rings (SSSR count). The van der Waals surface area contributed by atoms with Crippen LogP contribution in [0.3, 0.4) is 0 Å². The van der Waals surface area contributed by atoms with Crippen molar-refractivity contribution < 1.29 is 0 Å². The van der Waals surface area contributed by atoms with E-state index in [1.54, 1.807) is 11.1 Å². The highest BCUT2D eigenvalue weighted by molar-refractivity contribution is 5.90. The highest BCUT2D eigenvalue weighted by Crippen LogP contribution is 2.30. The number of fused-ring (bicyclic) bond motifs is 2. The summed E-state index contributed by atoms with van der Waals surface area (Å²) in [6, 6.07) is 11.1. The summed E-state index contributed by atoms with van der Waals surface area (Å²) >= 11 is 0. The molecule has 0 bridgehead atoms. The van der Waals surface area contributed by atoms with Crippen LogP contribution in [0.5, 0.6) is 0 Å². The Hall–Kier alpha value is -1.56. The lowest BCUT2D eigenvalue weighted by Gasteiger charge is -2.17. The number of aryl methyl sites for hydroxylation is 1. The van der Waals surface area contributed by atoms with E-state index in [2.05, 4.69) is 49.4 Å². The van der Waals surface area contributed by atoms with Crippen molar-refractivity contribution >= 4 is 16.8 Å². The van der Waals surface area contributed by atoms with Gasteiger partial charge < -0.3 is 0 Å². The van der Waals surface area contributed by atoms with E-state index in [-0.39, 0.29) is 0 Å². The van der Waals surface area contributed by atoms with Gasteiger partial charge in [-0.3, -0.25) is 0 Å². The van der Waals surface area contributed by atoms with E-state index >= 15 is 0 Å². The fraction of sp³-hybridized carbons (Fsp3) is 0.250. The SMILES string of the molecule is CCc1c2c(cc3ccccc13)C=CCC2. The van der Waals surface area contributed by atoms with E-state index in [1.165, 1.54) is 29.2 Å². The number of hydrogen-bond donors (Lipinski definition) is 0. The zero-order valence-electron chi connectivity index (χ0n) is 9.66. The highest BCUT2D eigenvalue weighted by Gasteiger charge is 2.11. The van der Waals surface area contributed by atoms with Crippen LogP contribution in [0.1, 0.15) is 30.0 Å². The normalized spacial score (nSPS) is 14.1. The standard InChI is InChI=1S/C16H16/c1-2-14-15-9-5-3-7-12(15)11-13-8-4-6-10-16(13)14/h3-5,7-9,11H,2,6,10H2,1H3. The smallest absolute Gasteiger partial charge is 0.0149 e. The Labute approximate surface area is 96.6 Å². The Morgan fingerprint density at radius 1 is 1.19 bits per heavy atom. The lowest BCUT2D eigenvalue weighted by molar-refractivity contribution is 0.954. The molecular formula is C16H16. The van der Waals surface area contributed by atoms with Gasteiger partial charge in [-0.25, -0.2) is 0 Å². The van der Waals surface area contributed by atoms with Crippen LogP contribution in [-0.4, -0.2) is 0 Å². The molecule has 0 atom stereocenters. The molecule has 0 aromatic heterocycles. The molecule has 0 aliphatic heterocycles. The van der Waals surface area contributed by atoms with E-state index in [1.807, 2.05) is 0 Å². The summed E-state index contributed by atoms with van der Waals surface area (Å²) in [4.78, 5) is 0. The fourth-order valence-corrected chi connectivity index (χ4v) is 2.77. The molecule has 0 saturated carbocycles. The van der Waals surface area contributed by atoms with Gasteiger partial charge in [-0.15, -0.1) is 0 Å². The summed E-state index contributed by atoms with van der Waals surface area (Å²) in [7, 11) is 0. The van der Waals surface area contributed by atoms with Gasteiger partial charge >= 0.3 is 0 Å². The molecule has 1 aliphatic carbocycles. The predicted octanol–water partition coefficient (Wildman–Crippen LogP) is 4.36. The molecule has 2 aromatic rings. The topological polar surface area (TPSA) is 0 Å². The van der Waals surface area contributed by atoms with Crippen LogP contribution in [0.25, 0.3) is 16.8 Å². The number of rotatable bonds is 1. The molecule has 0 fully saturated rings. The molecule has 0 nitrogen and oxygen atoms in total. The molecule has 0 amide bonds. The van der Waals surface area contributed by atoms with Crippen molar-refractivity contribution in [1.29, 1.82) is 0 Å². The second-order valence-electron chi connectivity index (χ2n) is 4.44. The Morgan fingerprint density at radius 3 is 2.94 bits per heavy atom. The molecule has 16 heavy (non-hydrogen) atoms. The molecule has 1 aliphatic rings. The molecule has 0 spiro atoms. The fourth-order valence-electron chi connectivity index (χ4n) is 2.77. The van der Waals surface area contributed by atoms with Gasteiger partial charge in [0, 0.05) is 0 Å². The third kappa shape index (κ3) is 1.37. The second-order valence-corrected chi connectivity index (χ2v) is 4.44. The molecular weight excluding hydrogens is 192 g/mol. The largest absolute Gasteiger partial charge is 0.0836 e. The van der Waals surface area contributed by atoms with Gasteiger partial charge in [0.15, 0.2) is 0 Å². The molecule has 80 valence electrons. The summed E-state index contributed by atoms with van der Waals surface area (Å²) in [5.41, 5.74) is 4.56. The van der Waals surface area contributed by atoms with Crippen LogP contribution in [0.4, 0.5) is 0 Å². The number of allylic oxidation sites excluding steroid dienone is 1. The van der Waals surface area contributed by atoms with Gasteiger partial charge in [0.2, 0.25) is 0 Å². The lowest BCUT2D eigenvalue weighted by Crippen LogP contribution is -2.00. The monoisotopic (exact) mass is 208 g/mol. The van der Waals surface area contributed by atoms with Crippen molar-refractivity contribution in [2.24, 2.45) is 0 Å². The summed E-state index contributed by atoms with van der Waals surface area (Å²) in [6.45, 7) is 2.26. The van der Waals surface area contributed by atoms with E-state index in [0.717, 1.165) is 6.42 Å². The van der Waals surface area contributed by atoms with Crippen LogP contribution < -0.4 is 0 Å². The van der Waals surface area contributed by atoms with Gasteiger partial charge in [-0.05, 0) is 52.8 Å². The predicted molar refractivity (Wildman–Crippen MR) is 70.7 cm³/mol. The summed E-state index contributed by atoms with van der Waals surface area (Å²) in [5.74, 6) is 0. The van der Waals surface area contributed by atoms with E-state index in [9.17, 15) is 0 Å². The third-order valence-corrected chi connectivity index (χ3v) is 3.52. The molecule has 0 heteroatoms. The van der Waals surface area contributed by atoms with Crippen molar-refractivity contribution in [3.63, 3.8) is 0 Å². The lowest BCUT2D eigenvalue weighted by atomic mass is 9.87. The first-order chi connectivity index (χ1) is 7.90. The maximum absolute atomic E-state index is 2.33. The molecule has 0 heterocycles. The Kier molecular flexibility index (Phi) is 2.28. The maximum Gasteiger partial charge on any atom is -0.0149 e. The average Bonchev–Trinajstić information content (AvgIpc) is 2.36. The van der Waals surface area contributed by atoms with Crippen LogP contribution in [0.15, 0.2) is 36.4 Å². The van der Waals surface area contributed by atoms with Crippen molar-refractivity contribution in [2.75, 3.05) is 0 Å². The van der Waals surface area contributed by atoms with Gasteiger partial charge in [0.1, 0.15) is 0 Å². The highest BCUT2D eigenvalue weighted by atomic mass is 14.2. The average molecular weight is 208 g/mol.